The first-order valence-electron chi connectivity index (χ1n) is 7.66. The maximum Gasteiger partial charge on any atom is 0.268 e. The van der Waals surface area contributed by atoms with E-state index in [0.29, 0.717) is 12.1 Å². The first kappa shape index (κ1) is 15.1. The second-order valence-corrected chi connectivity index (χ2v) is 5.33. The van der Waals surface area contributed by atoms with E-state index in [2.05, 4.69) is 27.4 Å². The molecular weight excluding hydrogens is 292 g/mol. The zero-order valence-corrected chi connectivity index (χ0v) is 12.9. The maximum absolute atomic E-state index is 12.2. The van der Waals surface area contributed by atoms with Gasteiger partial charge in [0.05, 0.1) is 23.8 Å². The number of aromatic nitrogens is 2. The molecule has 0 saturated heterocycles. The molecule has 0 bridgehead atoms. The van der Waals surface area contributed by atoms with Gasteiger partial charge in [-0.25, -0.2) is 9.97 Å². The summed E-state index contributed by atoms with van der Waals surface area (Å²) in [6.07, 6.45) is 4.87. The van der Waals surface area contributed by atoms with Crippen LogP contribution in [0.1, 0.15) is 31.2 Å². The highest BCUT2D eigenvalue weighted by atomic mass is 16.6. The van der Waals surface area contributed by atoms with E-state index < -0.39 is 6.10 Å². The summed E-state index contributed by atoms with van der Waals surface area (Å²) in [6.45, 7) is 2.07. The number of aryl methyl sites for hydroxylation is 1. The molecule has 0 unspecified atom stereocenters. The molecule has 23 heavy (non-hydrogen) atoms. The molecule has 1 aromatic carbocycles. The molecule has 0 spiro atoms. The Labute approximate surface area is 134 Å². The fourth-order valence-electron chi connectivity index (χ4n) is 2.31. The third kappa shape index (κ3) is 3.71. The van der Waals surface area contributed by atoms with Gasteiger partial charge in [0.25, 0.3) is 5.91 Å². The Morgan fingerprint density at radius 3 is 2.70 bits per heavy atom. The summed E-state index contributed by atoms with van der Waals surface area (Å²) < 4.78 is 0. The topological polar surface area (TPSA) is 76.5 Å². The predicted octanol–water partition coefficient (Wildman–Crippen LogP) is 2.56. The van der Waals surface area contributed by atoms with Crippen LogP contribution in [0.3, 0.4) is 0 Å². The van der Waals surface area contributed by atoms with Crippen LogP contribution in [0, 0.1) is 0 Å². The number of carbonyl (C=O) groups is 1. The monoisotopic (exact) mass is 310 g/mol. The molecule has 0 saturated carbocycles. The molecular formula is C17H18N4O2. The van der Waals surface area contributed by atoms with Crippen LogP contribution in [0.25, 0.3) is 0 Å². The van der Waals surface area contributed by atoms with Gasteiger partial charge in [-0.1, -0.05) is 42.4 Å². The molecule has 1 aliphatic heterocycles. The summed E-state index contributed by atoms with van der Waals surface area (Å²) >= 11 is 0. The Balaban J connectivity index is 1.58. The van der Waals surface area contributed by atoms with Crippen molar-refractivity contribution in [1.29, 1.82) is 0 Å². The summed E-state index contributed by atoms with van der Waals surface area (Å²) in [7, 11) is 0. The maximum atomic E-state index is 12.2. The van der Waals surface area contributed by atoms with E-state index in [1.165, 1.54) is 0 Å². The number of amides is 1. The normalized spacial score (nSPS) is 16.6. The number of hydrogen-bond donors (Lipinski definition) is 1. The van der Waals surface area contributed by atoms with Gasteiger partial charge in [-0.3, -0.25) is 4.79 Å². The van der Waals surface area contributed by atoms with Gasteiger partial charge in [-0.2, -0.15) is 0 Å². The summed E-state index contributed by atoms with van der Waals surface area (Å²) in [5, 5.41) is 6.78. The summed E-state index contributed by atoms with van der Waals surface area (Å²) in [4.78, 5) is 25.9. The zero-order valence-electron chi connectivity index (χ0n) is 12.9. The van der Waals surface area contributed by atoms with Crippen LogP contribution in [0.2, 0.25) is 0 Å². The quantitative estimate of drug-likeness (QED) is 0.921. The van der Waals surface area contributed by atoms with Crippen molar-refractivity contribution in [3.05, 3.63) is 54.1 Å². The van der Waals surface area contributed by atoms with E-state index >= 15 is 0 Å². The minimum Gasteiger partial charge on any atom is -0.382 e. The van der Waals surface area contributed by atoms with Crippen molar-refractivity contribution in [3.63, 3.8) is 0 Å². The van der Waals surface area contributed by atoms with Crippen LogP contribution in [-0.2, 0) is 16.1 Å². The fraction of sp³-hybridized carbons (Fsp3) is 0.294. The van der Waals surface area contributed by atoms with Crippen molar-refractivity contribution in [3.8, 4) is 0 Å². The highest BCUT2D eigenvalue weighted by Crippen LogP contribution is 2.18. The Morgan fingerprint density at radius 2 is 2.00 bits per heavy atom. The average Bonchev–Trinajstić information content (AvgIpc) is 3.08. The van der Waals surface area contributed by atoms with Crippen molar-refractivity contribution >= 4 is 17.3 Å². The number of nitrogens with one attached hydrogen (secondary N) is 1. The Bertz CT molecular complexity index is 698. The van der Waals surface area contributed by atoms with E-state index in [4.69, 9.17) is 4.84 Å². The lowest BCUT2D eigenvalue weighted by atomic mass is 10.0. The van der Waals surface area contributed by atoms with Crippen LogP contribution in [0.5, 0.6) is 0 Å². The Kier molecular flexibility index (Phi) is 4.61. The van der Waals surface area contributed by atoms with Crippen LogP contribution in [-0.4, -0.2) is 27.7 Å². The fourth-order valence-corrected chi connectivity index (χ4v) is 2.31. The van der Waals surface area contributed by atoms with Crippen LogP contribution in [0.15, 0.2) is 47.9 Å². The third-order valence-corrected chi connectivity index (χ3v) is 3.51. The molecule has 1 aromatic heterocycles. The molecule has 0 fully saturated rings. The minimum absolute atomic E-state index is 0.244. The van der Waals surface area contributed by atoms with Crippen molar-refractivity contribution in [2.24, 2.45) is 5.16 Å². The van der Waals surface area contributed by atoms with E-state index in [-0.39, 0.29) is 5.91 Å². The number of carbonyl (C=O) groups excluding carboxylic acids is 1. The molecule has 6 heteroatoms. The third-order valence-electron chi connectivity index (χ3n) is 3.51. The van der Waals surface area contributed by atoms with Crippen molar-refractivity contribution < 1.29 is 9.63 Å². The SMILES string of the molecule is CCCc1ncc(NC(=O)[C@@H]2CC(c3ccccc3)=NO2)cn1. The van der Waals surface area contributed by atoms with Gasteiger partial charge in [0.2, 0.25) is 6.10 Å². The largest absolute Gasteiger partial charge is 0.382 e. The van der Waals surface area contributed by atoms with Gasteiger partial charge >= 0.3 is 0 Å². The van der Waals surface area contributed by atoms with Crippen LogP contribution < -0.4 is 5.32 Å². The second kappa shape index (κ2) is 7.00. The zero-order chi connectivity index (χ0) is 16.1. The second-order valence-electron chi connectivity index (χ2n) is 5.33. The van der Waals surface area contributed by atoms with Crippen molar-refractivity contribution in [2.45, 2.75) is 32.3 Å². The molecule has 1 atom stereocenters. The summed E-state index contributed by atoms with van der Waals surface area (Å²) in [6, 6.07) is 9.69. The Morgan fingerprint density at radius 1 is 1.26 bits per heavy atom. The molecule has 2 heterocycles. The lowest BCUT2D eigenvalue weighted by Crippen LogP contribution is -2.28. The van der Waals surface area contributed by atoms with Crippen LogP contribution >= 0.6 is 0 Å². The van der Waals surface area contributed by atoms with E-state index in [1.54, 1.807) is 12.4 Å². The number of nitrogens with zero attached hydrogens (tertiary/aromatic N) is 3. The Hall–Kier alpha value is -2.76. The minimum atomic E-state index is -0.625. The lowest BCUT2D eigenvalue weighted by Gasteiger charge is -2.09. The van der Waals surface area contributed by atoms with Crippen molar-refractivity contribution in [2.75, 3.05) is 5.32 Å². The van der Waals surface area contributed by atoms with Gasteiger partial charge < -0.3 is 10.2 Å². The van der Waals surface area contributed by atoms with E-state index in [9.17, 15) is 4.79 Å². The van der Waals surface area contributed by atoms with E-state index in [0.717, 1.165) is 29.9 Å². The number of anilines is 1. The molecule has 118 valence electrons. The van der Waals surface area contributed by atoms with Gasteiger partial charge in [-0.05, 0) is 12.0 Å². The highest BCUT2D eigenvalue weighted by molar-refractivity contribution is 6.06. The lowest BCUT2D eigenvalue weighted by molar-refractivity contribution is -0.125. The first-order valence-corrected chi connectivity index (χ1v) is 7.66. The number of hydrogen-bond acceptors (Lipinski definition) is 5. The standard InChI is InChI=1S/C17H18N4O2/c1-2-6-16-18-10-13(11-19-16)20-17(22)15-9-14(21-23-15)12-7-4-3-5-8-12/h3-5,7-8,10-11,15H,2,6,9H2,1H3,(H,20,22)/t15-/m0/s1. The molecule has 6 nitrogen and oxygen atoms in total. The predicted molar refractivity (Wildman–Crippen MR) is 87.1 cm³/mol. The average molecular weight is 310 g/mol. The van der Waals surface area contributed by atoms with Gasteiger partial charge in [0, 0.05) is 12.8 Å². The summed E-state index contributed by atoms with van der Waals surface area (Å²) in [5.41, 5.74) is 2.31. The summed E-state index contributed by atoms with van der Waals surface area (Å²) in [5.74, 6) is 0.531. The smallest absolute Gasteiger partial charge is 0.268 e. The number of benzene rings is 1. The van der Waals surface area contributed by atoms with Crippen LogP contribution in [0.4, 0.5) is 5.69 Å². The molecule has 0 radical (unpaired) electrons. The van der Waals surface area contributed by atoms with Gasteiger partial charge in [-0.15, -0.1) is 0 Å². The van der Waals surface area contributed by atoms with E-state index in [1.807, 2.05) is 30.3 Å². The number of oxime groups is 1. The molecule has 0 aliphatic carbocycles. The molecule has 3 rings (SSSR count). The van der Waals surface area contributed by atoms with Gasteiger partial charge in [0.1, 0.15) is 5.82 Å². The van der Waals surface area contributed by atoms with Gasteiger partial charge in [0.15, 0.2) is 0 Å². The highest BCUT2D eigenvalue weighted by Gasteiger charge is 2.28. The first-order chi connectivity index (χ1) is 11.3. The van der Waals surface area contributed by atoms with Crippen molar-refractivity contribution in [1.82, 2.24) is 9.97 Å². The molecule has 1 amide bonds. The number of rotatable bonds is 5. The molecule has 2 aromatic rings. The molecule has 1 N–H and O–H groups in total. The molecule has 1 aliphatic rings.